The summed E-state index contributed by atoms with van der Waals surface area (Å²) in [5.74, 6) is 0.178. The van der Waals surface area contributed by atoms with Crippen LogP contribution in [0.2, 0.25) is 0 Å². The van der Waals surface area contributed by atoms with Crippen molar-refractivity contribution in [1.82, 2.24) is 0 Å². The van der Waals surface area contributed by atoms with Crippen molar-refractivity contribution < 1.29 is 9.94 Å². The highest BCUT2D eigenvalue weighted by Crippen LogP contribution is 1.85. The van der Waals surface area contributed by atoms with Crippen molar-refractivity contribution in [2.24, 2.45) is 10.9 Å². The van der Waals surface area contributed by atoms with Gasteiger partial charge in [0.1, 0.15) is 0 Å². The van der Waals surface area contributed by atoms with Gasteiger partial charge in [-0.3, -0.25) is 0 Å². The fraction of sp³-hybridized carbons (Fsp3) is 0.800. The zero-order valence-corrected chi connectivity index (χ0v) is 5.66. The largest absolute Gasteiger partial charge is 0.478 e. The first-order valence-corrected chi connectivity index (χ1v) is 2.82. The van der Waals surface area contributed by atoms with Crippen molar-refractivity contribution in [1.29, 1.82) is 0 Å². The Morgan fingerprint density at radius 3 is 2.56 bits per heavy atom. The number of rotatable bonds is 2. The van der Waals surface area contributed by atoms with Gasteiger partial charge >= 0.3 is 0 Å². The molecule has 4 nitrogen and oxygen atoms in total. The summed E-state index contributed by atoms with van der Waals surface area (Å²) in [5, 5.41) is 11.1. The molecule has 0 aliphatic carbocycles. The van der Waals surface area contributed by atoms with Crippen LogP contribution in [0.4, 0.5) is 0 Å². The molecule has 0 unspecified atom stereocenters. The molecule has 0 bridgehead atoms. The molecule has 0 saturated carbocycles. The Morgan fingerprint density at radius 2 is 2.44 bits per heavy atom. The predicted octanol–water partition coefficient (Wildman–Crippen LogP) is 0.158. The van der Waals surface area contributed by atoms with Crippen LogP contribution in [0.15, 0.2) is 5.16 Å². The lowest BCUT2D eigenvalue weighted by atomic mass is 10.4. The maximum absolute atomic E-state index is 8.21. The van der Waals surface area contributed by atoms with Crippen LogP contribution in [-0.2, 0) is 4.74 Å². The summed E-state index contributed by atoms with van der Waals surface area (Å²) in [4.78, 5) is 0. The van der Waals surface area contributed by atoms with Crippen LogP contribution in [-0.4, -0.2) is 23.8 Å². The SMILES string of the molecule is CCO/C(=N/O)[C@H](C)N. The van der Waals surface area contributed by atoms with Crippen LogP contribution >= 0.6 is 0 Å². The van der Waals surface area contributed by atoms with E-state index in [1.807, 2.05) is 0 Å². The average Bonchev–Trinajstić information content (AvgIpc) is 1.82. The van der Waals surface area contributed by atoms with Crippen LogP contribution in [0.3, 0.4) is 0 Å². The summed E-state index contributed by atoms with van der Waals surface area (Å²) in [7, 11) is 0. The molecule has 3 N–H and O–H groups in total. The van der Waals surface area contributed by atoms with Crippen LogP contribution in [0, 0.1) is 0 Å². The Balaban J connectivity index is 3.70. The summed E-state index contributed by atoms with van der Waals surface area (Å²) in [5.41, 5.74) is 5.32. The summed E-state index contributed by atoms with van der Waals surface area (Å²) < 4.78 is 4.83. The molecule has 0 aromatic carbocycles. The van der Waals surface area contributed by atoms with Gasteiger partial charge in [0.15, 0.2) is 0 Å². The predicted molar refractivity (Wildman–Crippen MR) is 34.5 cm³/mol. The normalized spacial score (nSPS) is 15.2. The highest BCUT2D eigenvalue weighted by atomic mass is 16.5. The van der Waals surface area contributed by atoms with E-state index in [0.717, 1.165) is 0 Å². The van der Waals surface area contributed by atoms with Gasteiger partial charge in [-0.25, -0.2) is 0 Å². The van der Waals surface area contributed by atoms with Crippen LogP contribution in [0.1, 0.15) is 13.8 Å². The Bertz CT molecular complexity index is 101. The van der Waals surface area contributed by atoms with E-state index in [0.29, 0.717) is 6.61 Å². The number of hydrogen-bond acceptors (Lipinski definition) is 4. The Morgan fingerprint density at radius 1 is 1.89 bits per heavy atom. The first-order valence-electron chi connectivity index (χ1n) is 2.82. The van der Waals surface area contributed by atoms with Crippen LogP contribution < -0.4 is 5.73 Å². The van der Waals surface area contributed by atoms with Crippen molar-refractivity contribution in [3.8, 4) is 0 Å². The van der Waals surface area contributed by atoms with Crippen LogP contribution in [0.5, 0.6) is 0 Å². The van der Waals surface area contributed by atoms with Crippen molar-refractivity contribution in [3.05, 3.63) is 0 Å². The van der Waals surface area contributed by atoms with Gasteiger partial charge in [-0.1, -0.05) is 5.16 Å². The van der Waals surface area contributed by atoms with Gasteiger partial charge in [0, 0.05) is 0 Å². The second-order valence-electron chi connectivity index (χ2n) is 1.66. The first-order chi connectivity index (χ1) is 4.22. The lowest BCUT2D eigenvalue weighted by molar-refractivity contribution is 0.254. The van der Waals surface area contributed by atoms with Gasteiger partial charge < -0.3 is 15.7 Å². The third-order valence-corrected chi connectivity index (χ3v) is 0.780. The van der Waals surface area contributed by atoms with E-state index in [-0.39, 0.29) is 11.9 Å². The highest BCUT2D eigenvalue weighted by molar-refractivity contribution is 5.80. The summed E-state index contributed by atoms with van der Waals surface area (Å²) in [6.07, 6.45) is 0. The number of oxime groups is 1. The topological polar surface area (TPSA) is 67.8 Å². The average molecular weight is 132 g/mol. The van der Waals surface area contributed by atoms with E-state index in [9.17, 15) is 0 Å². The third kappa shape index (κ3) is 2.92. The molecule has 0 aliphatic heterocycles. The Hall–Kier alpha value is -0.770. The smallest absolute Gasteiger partial charge is 0.242 e. The molecule has 0 spiro atoms. The number of hydrogen-bond donors (Lipinski definition) is 2. The summed E-state index contributed by atoms with van der Waals surface area (Å²) in [6, 6.07) is -0.338. The van der Waals surface area contributed by atoms with E-state index < -0.39 is 0 Å². The standard InChI is InChI=1S/C5H12N2O2/c1-3-9-5(7-8)4(2)6/h4,8H,3,6H2,1-2H3/b7-5+/t4-/m0/s1. The van der Waals surface area contributed by atoms with E-state index in [1.54, 1.807) is 13.8 Å². The minimum absolute atomic E-state index is 0.178. The lowest BCUT2D eigenvalue weighted by Gasteiger charge is -2.06. The second-order valence-corrected chi connectivity index (χ2v) is 1.66. The van der Waals surface area contributed by atoms with Crippen molar-refractivity contribution >= 4 is 5.90 Å². The Labute approximate surface area is 54.3 Å². The van der Waals surface area contributed by atoms with Crippen molar-refractivity contribution in [2.45, 2.75) is 19.9 Å². The van der Waals surface area contributed by atoms with Crippen molar-refractivity contribution in [2.75, 3.05) is 6.61 Å². The van der Waals surface area contributed by atoms with E-state index >= 15 is 0 Å². The first kappa shape index (κ1) is 8.23. The summed E-state index contributed by atoms with van der Waals surface area (Å²) in [6.45, 7) is 3.96. The van der Waals surface area contributed by atoms with Gasteiger partial charge in [0.05, 0.1) is 12.6 Å². The van der Waals surface area contributed by atoms with Crippen LogP contribution in [0.25, 0.3) is 0 Å². The van der Waals surface area contributed by atoms with E-state index in [2.05, 4.69) is 5.16 Å². The fourth-order valence-corrected chi connectivity index (χ4v) is 0.399. The molecule has 0 fully saturated rings. The molecule has 1 atom stereocenters. The maximum Gasteiger partial charge on any atom is 0.242 e. The summed E-state index contributed by atoms with van der Waals surface area (Å²) >= 11 is 0. The molecule has 0 aromatic heterocycles. The molecule has 0 amide bonds. The number of ether oxygens (including phenoxy) is 1. The molecular formula is C5H12N2O2. The molecule has 0 heterocycles. The third-order valence-electron chi connectivity index (χ3n) is 0.780. The zero-order valence-electron chi connectivity index (χ0n) is 5.66. The van der Waals surface area contributed by atoms with Gasteiger partial charge in [0.25, 0.3) is 0 Å². The zero-order chi connectivity index (χ0) is 7.28. The Kier molecular flexibility index (Phi) is 3.79. The number of nitrogens with two attached hydrogens (primary N) is 1. The van der Waals surface area contributed by atoms with E-state index in [1.165, 1.54) is 0 Å². The lowest BCUT2D eigenvalue weighted by Crippen LogP contribution is -2.28. The van der Waals surface area contributed by atoms with Gasteiger partial charge in [-0.15, -0.1) is 0 Å². The molecular weight excluding hydrogens is 120 g/mol. The highest BCUT2D eigenvalue weighted by Gasteiger charge is 2.04. The van der Waals surface area contributed by atoms with Gasteiger partial charge in [-0.05, 0) is 13.8 Å². The molecule has 0 saturated heterocycles. The molecule has 0 aliphatic rings. The maximum atomic E-state index is 8.21. The molecule has 0 rings (SSSR count). The quantitative estimate of drug-likeness (QED) is 0.243. The van der Waals surface area contributed by atoms with Gasteiger partial charge in [0.2, 0.25) is 5.90 Å². The molecule has 9 heavy (non-hydrogen) atoms. The van der Waals surface area contributed by atoms with Crippen molar-refractivity contribution in [3.63, 3.8) is 0 Å². The minimum Gasteiger partial charge on any atom is -0.478 e. The second kappa shape index (κ2) is 4.14. The molecule has 0 radical (unpaired) electrons. The minimum atomic E-state index is -0.338. The number of nitrogens with zero attached hydrogens (tertiary/aromatic N) is 1. The molecule has 4 heteroatoms. The molecule has 54 valence electrons. The van der Waals surface area contributed by atoms with Gasteiger partial charge in [-0.2, -0.15) is 0 Å². The molecule has 0 aromatic rings. The van der Waals surface area contributed by atoms with E-state index in [4.69, 9.17) is 15.7 Å². The fourth-order valence-electron chi connectivity index (χ4n) is 0.399. The monoisotopic (exact) mass is 132 g/mol.